The van der Waals surface area contributed by atoms with Crippen LogP contribution in [0.1, 0.15) is 37.1 Å². The number of nitrogens with one attached hydrogen (secondary N) is 1. The van der Waals surface area contributed by atoms with Crippen LogP contribution in [0.3, 0.4) is 0 Å². The zero-order valence-electron chi connectivity index (χ0n) is 11.1. The highest BCUT2D eigenvalue weighted by Gasteiger charge is 2.23. The van der Waals surface area contributed by atoms with Crippen molar-refractivity contribution >= 4 is 0 Å². The number of rotatable bonds is 3. The summed E-state index contributed by atoms with van der Waals surface area (Å²) in [5.74, 6) is -0.221. The zero-order chi connectivity index (χ0) is 13.2. The van der Waals surface area contributed by atoms with E-state index in [-0.39, 0.29) is 5.82 Å². The number of hydrogen-bond donors (Lipinski definition) is 1. The standard InChI is InChI=1S/C15H18FN3/c1-2-17-14-7-4-8-15-13(14)10-18-19(15)12-6-3-5-11(16)9-12/h3,5-6,9-10,14,17H,2,4,7-8H2,1H3. The maximum absolute atomic E-state index is 13.3. The third-order valence-corrected chi connectivity index (χ3v) is 3.69. The molecular weight excluding hydrogens is 241 g/mol. The van der Waals surface area contributed by atoms with Crippen LogP contribution in [-0.4, -0.2) is 16.3 Å². The van der Waals surface area contributed by atoms with Crippen LogP contribution < -0.4 is 5.32 Å². The molecule has 3 nitrogen and oxygen atoms in total. The second-order valence-electron chi connectivity index (χ2n) is 4.94. The Morgan fingerprint density at radius 1 is 1.47 bits per heavy atom. The first-order valence-corrected chi connectivity index (χ1v) is 6.85. The zero-order valence-corrected chi connectivity index (χ0v) is 11.1. The van der Waals surface area contributed by atoms with Gasteiger partial charge in [0, 0.05) is 17.3 Å². The van der Waals surface area contributed by atoms with Gasteiger partial charge in [0.25, 0.3) is 0 Å². The van der Waals surface area contributed by atoms with Crippen LogP contribution in [0.4, 0.5) is 4.39 Å². The molecule has 1 aromatic carbocycles. The Labute approximate surface area is 112 Å². The second kappa shape index (κ2) is 5.13. The van der Waals surface area contributed by atoms with E-state index in [2.05, 4.69) is 17.3 Å². The molecule has 1 aliphatic carbocycles. The summed E-state index contributed by atoms with van der Waals surface area (Å²) >= 11 is 0. The van der Waals surface area contributed by atoms with Crippen LogP contribution in [0, 0.1) is 5.82 Å². The maximum atomic E-state index is 13.3. The van der Waals surface area contributed by atoms with Crippen molar-refractivity contribution in [3.8, 4) is 5.69 Å². The van der Waals surface area contributed by atoms with Gasteiger partial charge in [-0.05, 0) is 44.0 Å². The molecule has 0 amide bonds. The predicted octanol–water partition coefficient (Wildman–Crippen LogP) is 3.00. The fourth-order valence-corrected chi connectivity index (χ4v) is 2.85. The van der Waals surface area contributed by atoms with Crippen molar-refractivity contribution in [1.29, 1.82) is 0 Å². The minimum atomic E-state index is -0.221. The normalized spacial score (nSPS) is 18.3. The molecule has 0 aliphatic heterocycles. The van der Waals surface area contributed by atoms with Crippen molar-refractivity contribution in [2.24, 2.45) is 0 Å². The van der Waals surface area contributed by atoms with Crippen LogP contribution in [0.15, 0.2) is 30.5 Å². The predicted molar refractivity (Wildman–Crippen MR) is 72.9 cm³/mol. The Morgan fingerprint density at radius 2 is 2.37 bits per heavy atom. The van der Waals surface area contributed by atoms with Crippen LogP contribution >= 0.6 is 0 Å². The lowest BCUT2D eigenvalue weighted by Crippen LogP contribution is -2.24. The molecule has 0 saturated carbocycles. The molecule has 0 radical (unpaired) electrons. The molecule has 100 valence electrons. The van der Waals surface area contributed by atoms with Crippen molar-refractivity contribution in [3.63, 3.8) is 0 Å². The van der Waals surface area contributed by atoms with Crippen LogP contribution in [0.5, 0.6) is 0 Å². The van der Waals surface area contributed by atoms with Gasteiger partial charge >= 0.3 is 0 Å². The fraction of sp³-hybridized carbons (Fsp3) is 0.400. The number of halogens is 1. The summed E-state index contributed by atoms with van der Waals surface area (Å²) in [4.78, 5) is 0. The molecule has 0 saturated heterocycles. The molecule has 4 heteroatoms. The lowest BCUT2D eigenvalue weighted by molar-refractivity contribution is 0.467. The van der Waals surface area contributed by atoms with E-state index in [0.29, 0.717) is 6.04 Å². The van der Waals surface area contributed by atoms with Gasteiger partial charge in [-0.3, -0.25) is 0 Å². The summed E-state index contributed by atoms with van der Waals surface area (Å²) in [5, 5.41) is 7.94. The number of nitrogens with zero attached hydrogens (tertiary/aromatic N) is 2. The summed E-state index contributed by atoms with van der Waals surface area (Å²) in [5.41, 5.74) is 3.28. The third kappa shape index (κ3) is 2.28. The third-order valence-electron chi connectivity index (χ3n) is 3.69. The van der Waals surface area contributed by atoms with Crippen LogP contribution in [0.2, 0.25) is 0 Å². The maximum Gasteiger partial charge on any atom is 0.125 e. The molecule has 1 unspecified atom stereocenters. The lowest BCUT2D eigenvalue weighted by Gasteiger charge is -2.23. The molecule has 0 bridgehead atoms. The molecule has 0 fully saturated rings. The highest BCUT2D eigenvalue weighted by atomic mass is 19.1. The molecule has 1 N–H and O–H groups in total. The Kier molecular flexibility index (Phi) is 3.34. The summed E-state index contributed by atoms with van der Waals surface area (Å²) in [6.45, 7) is 3.07. The molecule has 1 aromatic heterocycles. The van der Waals surface area contributed by atoms with Crippen LogP contribution in [0.25, 0.3) is 5.69 Å². The lowest BCUT2D eigenvalue weighted by atomic mass is 9.93. The van der Waals surface area contributed by atoms with Gasteiger partial charge < -0.3 is 5.32 Å². The molecule has 0 spiro atoms. The van der Waals surface area contributed by atoms with Crippen molar-refractivity contribution in [2.45, 2.75) is 32.2 Å². The first-order valence-electron chi connectivity index (χ1n) is 6.85. The van der Waals surface area contributed by atoms with Gasteiger partial charge in [0.05, 0.1) is 11.9 Å². The SMILES string of the molecule is CCNC1CCCc2c1cnn2-c1cccc(F)c1. The number of hydrogen-bond acceptors (Lipinski definition) is 2. The van der Waals surface area contributed by atoms with E-state index in [1.54, 1.807) is 6.07 Å². The van der Waals surface area contributed by atoms with E-state index < -0.39 is 0 Å². The highest BCUT2D eigenvalue weighted by Crippen LogP contribution is 2.30. The van der Waals surface area contributed by atoms with E-state index in [9.17, 15) is 4.39 Å². The fourth-order valence-electron chi connectivity index (χ4n) is 2.85. The van der Waals surface area contributed by atoms with E-state index in [4.69, 9.17) is 0 Å². The summed E-state index contributed by atoms with van der Waals surface area (Å²) in [7, 11) is 0. The quantitative estimate of drug-likeness (QED) is 0.918. The first-order chi connectivity index (χ1) is 9.29. The van der Waals surface area contributed by atoms with E-state index in [1.165, 1.54) is 23.4 Å². The summed E-state index contributed by atoms with van der Waals surface area (Å²) in [6.07, 6.45) is 5.22. The monoisotopic (exact) mass is 259 g/mol. The Morgan fingerprint density at radius 3 is 3.16 bits per heavy atom. The van der Waals surface area contributed by atoms with Gasteiger partial charge in [-0.1, -0.05) is 13.0 Å². The highest BCUT2D eigenvalue weighted by molar-refractivity contribution is 5.37. The number of benzene rings is 1. The van der Waals surface area contributed by atoms with E-state index in [0.717, 1.165) is 31.5 Å². The van der Waals surface area contributed by atoms with Gasteiger partial charge in [-0.15, -0.1) is 0 Å². The molecule has 1 aliphatic rings. The molecule has 19 heavy (non-hydrogen) atoms. The number of fused-ring (bicyclic) bond motifs is 1. The van der Waals surface area contributed by atoms with Crippen molar-refractivity contribution in [1.82, 2.24) is 15.1 Å². The Hall–Kier alpha value is -1.68. The van der Waals surface area contributed by atoms with Gasteiger partial charge in [-0.25, -0.2) is 9.07 Å². The summed E-state index contributed by atoms with van der Waals surface area (Å²) in [6, 6.07) is 7.00. The van der Waals surface area contributed by atoms with E-state index in [1.807, 2.05) is 16.9 Å². The molecular formula is C15H18FN3. The van der Waals surface area contributed by atoms with Gasteiger partial charge in [-0.2, -0.15) is 5.10 Å². The molecule has 3 rings (SSSR count). The van der Waals surface area contributed by atoms with Crippen molar-refractivity contribution in [3.05, 3.63) is 47.5 Å². The second-order valence-corrected chi connectivity index (χ2v) is 4.94. The van der Waals surface area contributed by atoms with Crippen molar-refractivity contribution in [2.75, 3.05) is 6.54 Å². The Bertz CT molecular complexity index is 577. The summed E-state index contributed by atoms with van der Waals surface area (Å²) < 4.78 is 15.2. The molecule has 2 aromatic rings. The minimum absolute atomic E-state index is 0.221. The molecule has 1 heterocycles. The number of aromatic nitrogens is 2. The topological polar surface area (TPSA) is 29.9 Å². The Balaban J connectivity index is 2.01. The van der Waals surface area contributed by atoms with Gasteiger partial charge in [0.1, 0.15) is 5.82 Å². The van der Waals surface area contributed by atoms with Gasteiger partial charge in [0.15, 0.2) is 0 Å². The average Bonchev–Trinajstić information content (AvgIpc) is 2.84. The largest absolute Gasteiger partial charge is 0.310 e. The molecule has 1 atom stereocenters. The van der Waals surface area contributed by atoms with Gasteiger partial charge in [0.2, 0.25) is 0 Å². The minimum Gasteiger partial charge on any atom is -0.310 e. The van der Waals surface area contributed by atoms with Crippen molar-refractivity contribution < 1.29 is 4.39 Å². The first kappa shape index (κ1) is 12.4. The van der Waals surface area contributed by atoms with Crippen LogP contribution in [-0.2, 0) is 6.42 Å². The smallest absolute Gasteiger partial charge is 0.125 e. The average molecular weight is 259 g/mol. The van der Waals surface area contributed by atoms with E-state index >= 15 is 0 Å².